The maximum atomic E-state index is 12.5. The second-order valence-electron chi connectivity index (χ2n) is 9.36. The van der Waals surface area contributed by atoms with Crippen molar-refractivity contribution in [1.29, 1.82) is 0 Å². The number of nitrogens with one attached hydrogen (secondary N) is 2. The van der Waals surface area contributed by atoms with Crippen molar-refractivity contribution in [3.63, 3.8) is 0 Å². The molecule has 2 N–H and O–H groups in total. The van der Waals surface area contributed by atoms with Gasteiger partial charge in [0.1, 0.15) is 0 Å². The summed E-state index contributed by atoms with van der Waals surface area (Å²) < 4.78 is 0. The highest BCUT2D eigenvalue weighted by Crippen LogP contribution is 2.27. The summed E-state index contributed by atoms with van der Waals surface area (Å²) >= 11 is 0. The first-order valence-electron chi connectivity index (χ1n) is 12.2. The Labute approximate surface area is 196 Å². The van der Waals surface area contributed by atoms with Crippen molar-refractivity contribution < 1.29 is 4.79 Å². The lowest BCUT2D eigenvalue weighted by atomic mass is 9.99. The van der Waals surface area contributed by atoms with Gasteiger partial charge in [0, 0.05) is 57.0 Å². The molecule has 2 heterocycles. The number of hydrogen-bond acceptors (Lipinski definition) is 4. The lowest BCUT2D eigenvalue weighted by molar-refractivity contribution is -0.131. The number of piperazine rings is 1. The summed E-state index contributed by atoms with van der Waals surface area (Å²) in [4.78, 5) is 17.0. The molecule has 2 aliphatic rings. The molecular formula is C28H34N4O. The van der Waals surface area contributed by atoms with Gasteiger partial charge in [0.25, 0.3) is 0 Å². The van der Waals surface area contributed by atoms with Crippen LogP contribution in [-0.4, -0.2) is 56.1 Å². The Hall–Kier alpha value is -2.89. The molecule has 2 fully saturated rings. The second kappa shape index (κ2) is 9.94. The standard InChI is InChI=1S/C28H34N4O/c1-21(26-8-4-6-23-5-2-3-7-27(23)26)30-24-13-16-32(20-24)25-11-9-22(10-12-25)19-28(33)31-17-14-29-15-18-31/h2-12,21,24,29-30H,13-20H2,1H3/t21-,24+/m1/s1. The van der Waals surface area contributed by atoms with Gasteiger partial charge < -0.3 is 20.4 Å². The zero-order valence-corrected chi connectivity index (χ0v) is 19.5. The maximum Gasteiger partial charge on any atom is 0.227 e. The van der Waals surface area contributed by atoms with Crippen molar-refractivity contribution in [3.05, 3.63) is 77.9 Å². The van der Waals surface area contributed by atoms with Gasteiger partial charge in [-0.3, -0.25) is 4.79 Å². The molecule has 0 unspecified atom stereocenters. The van der Waals surface area contributed by atoms with Crippen LogP contribution in [0.3, 0.4) is 0 Å². The third-order valence-electron chi connectivity index (χ3n) is 7.09. The molecular weight excluding hydrogens is 408 g/mol. The van der Waals surface area contributed by atoms with Crippen LogP contribution in [0.25, 0.3) is 10.8 Å². The van der Waals surface area contributed by atoms with Crippen LogP contribution >= 0.6 is 0 Å². The first-order chi connectivity index (χ1) is 16.2. The molecule has 3 aromatic rings. The van der Waals surface area contributed by atoms with Crippen LogP contribution in [0.2, 0.25) is 0 Å². The highest BCUT2D eigenvalue weighted by molar-refractivity contribution is 5.86. The Kier molecular flexibility index (Phi) is 6.60. The molecule has 0 bridgehead atoms. The van der Waals surface area contributed by atoms with Crippen molar-refractivity contribution in [1.82, 2.24) is 15.5 Å². The fourth-order valence-electron chi connectivity index (χ4n) is 5.23. The maximum absolute atomic E-state index is 12.5. The van der Waals surface area contributed by atoms with Crippen LogP contribution in [0.15, 0.2) is 66.7 Å². The number of fused-ring (bicyclic) bond motifs is 1. The van der Waals surface area contributed by atoms with Crippen molar-refractivity contribution in [2.45, 2.75) is 31.8 Å². The van der Waals surface area contributed by atoms with E-state index in [4.69, 9.17) is 0 Å². The van der Waals surface area contributed by atoms with Gasteiger partial charge in [-0.2, -0.15) is 0 Å². The average molecular weight is 443 g/mol. The fraction of sp³-hybridized carbons (Fsp3) is 0.393. The van der Waals surface area contributed by atoms with Gasteiger partial charge in [0.05, 0.1) is 6.42 Å². The molecule has 0 saturated carbocycles. The summed E-state index contributed by atoms with van der Waals surface area (Å²) in [6.45, 7) is 7.76. The van der Waals surface area contributed by atoms with Crippen LogP contribution in [0.4, 0.5) is 5.69 Å². The van der Waals surface area contributed by atoms with E-state index in [0.29, 0.717) is 18.5 Å². The molecule has 5 heteroatoms. The van der Waals surface area contributed by atoms with Gasteiger partial charge in [0.2, 0.25) is 5.91 Å². The van der Waals surface area contributed by atoms with Crippen molar-refractivity contribution in [3.8, 4) is 0 Å². The molecule has 5 rings (SSSR count). The summed E-state index contributed by atoms with van der Waals surface area (Å²) in [5.41, 5.74) is 3.71. The molecule has 172 valence electrons. The molecule has 5 nitrogen and oxygen atoms in total. The van der Waals surface area contributed by atoms with E-state index in [-0.39, 0.29) is 5.91 Å². The molecule has 0 spiro atoms. The number of amides is 1. The smallest absolute Gasteiger partial charge is 0.227 e. The molecule has 1 amide bonds. The Morgan fingerprint density at radius 2 is 1.76 bits per heavy atom. The summed E-state index contributed by atoms with van der Waals surface area (Å²) in [7, 11) is 0. The fourth-order valence-corrected chi connectivity index (χ4v) is 5.23. The number of benzene rings is 3. The minimum atomic E-state index is 0.233. The number of anilines is 1. The lowest BCUT2D eigenvalue weighted by Crippen LogP contribution is -2.46. The van der Waals surface area contributed by atoms with Crippen molar-refractivity contribution in [2.75, 3.05) is 44.2 Å². The van der Waals surface area contributed by atoms with E-state index >= 15 is 0 Å². The SMILES string of the molecule is C[C@@H](N[C@H]1CCN(c2ccc(CC(=O)N3CCNCC3)cc2)C1)c1cccc2ccccc12. The molecule has 0 radical (unpaired) electrons. The average Bonchev–Trinajstić information content (AvgIpc) is 3.33. The van der Waals surface area contributed by atoms with Crippen molar-refractivity contribution in [2.24, 2.45) is 0 Å². The quantitative estimate of drug-likeness (QED) is 0.611. The number of carbonyl (C=O) groups excluding carboxylic acids is 1. The largest absolute Gasteiger partial charge is 0.370 e. The van der Waals surface area contributed by atoms with Crippen LogP contribution in [0, 0.1) is 0 Å². The van der Waals surface area contributed by atoms with Gasteiger partial charge >= 0.3 is 0 Å². The highest BCUT2D eigenvalue weighted by Gasteiger charge is 2.25. The summed E-state index contributed by atoms with van der Waals surface area (Å²) in [5.74, 6) is 0.233. The van der Waals surface area contributed by atoms with Gasteiger partial charge in [-0.25, -0.2) is 0 Å². The molecule has 2 atom stereocenters. The first-order valence-corrected chi connectivity index (χ1v) is 12.2. The topological polar surface area (TPSA) is 47.6 Å². The number of nitrogens with zero attached hydrogens (tertiary/aromatic N) is 2. The van der Waals surface area contributed by atoms with Gasteiger partial charge in [0.15, 0.2) is 0 Å². The predicted octanol–water partition coefficient (Wildman–Crippen LogP) is 3.74. The van der Waals surface area contributed by atoms with E-state index in [2.05, 4.69) is 89.2 Å². The van der Waals surface area contributed by atoms with E-state index in [1.54, 1.807) is 0 Å². The molecule has 0 aliphatic carbocycles. The predicted molar refractivity (Wildman–Crippen MR) is 136 cm³/mol. The third kappa shape index (κ3) is 5.05. The minimum absolute atomic E-state index is 0.233. The van der Waals surface area contributed by atoms with E-state index in [0.717, 1.165) is 51.3 Å². The first kappa shape index (κ1) is 21.9. The van der Waals surface area contributed by atoms with E-state index in [9.17, 15) is 4.79 Å². The van der Waals surface area contributed by atoms with Crippen LogP contribution in [-0.2, 0) is 11.2 Å². The van der Waals surface area contributed by atoms with Gasteiger partial charge in [-0.1, -0.05) is 54.6 Å². The molecule has 33 heavy (non-hydrogen) atoms. The second-order valence-corrected chi connectivity index (χ2v) is 9.36. The monoisotopic (exact) mass is 442 g/mol. The van der Waals surface area contributed by atoms with Crippen molar-refractivity contribution >= 4 is 22.4 Å². The Bertz CT molecular complexity index is 1090. The summed E-state index contributed by atoms with van der Waals surface area (Å²) in [5, 5.41) is 9.80. The Morgan fingerprint density at radius 1 is 1.00 bits per heavy atom. The number of carbonyl (C=O) groups is 1. The van der Waals surface area contributed by atoms with Crippen LogP contribution in [0.5, 0.6) is 0 Å². The van der Waals surface area contributed by atoms with Crippen LogP contribution < -0.4 is 15.5 Å². The molecule has 0 aromatic heterocycles. The Morgan fingerprint density at radius 3 is 2.58 bits per heavy atom. The zero-order chi connectivity index (χ0) is 22.6. The third-order valence-corrected chi connectivity index (χ3v) is 7.09. The molecule has 2 aliphatic heterocycles. The highest BCUT2D eigenvalue weighted by atomic mass is 16.2. The van der Waals surface area contributed by atoms with E-state index in [1.807, 2.05) is 4.90 Å². The molecule has 3 aromatic carbocycles. The number of hydrogen-bond donors (Lipinski definition) is 2. The zero-order valence-electron chi connectivity index (χ0n) is 19.5. The number of rotatable bonds is 6. The van der Waals surface area contributed by atoms with Gasteiger partial charge in [-0.05, 0) is 47.4 Å². The molecule has 2 saturated heterocycles. The van der Waals surface area contributed by atoms with E-state index < -0.39 is 0 Å². The summed E-state index contributed by atoms with van der Waals surface area (Å²) in [6, 6.07) is 24.6. The Balaban J connectivity index is 1.17. The van der Waals surface area contributed by atoms with Gasteiger partial charge in [-0.15, -0.1) is 0 Å². The van der Waals surface area contributed by atoms with Crippen LogP contribution in [0.1, 0.15) is 30.5 Å². The lowest BCUT2D eigenvalue weighted by Gasteiger charge is -2.27. The van der Waals surface area contributed by atoms with E-state index in [1.165, 1.54) is 22.0 Å². The summed E-state index contributed by atoms with van der Waals surface area (Å²) in [6.07, 6.45) is 1.63. The minimum Gasteiger partial charge on any atom is -0.370 e. The normalized spacial score (nSPS) is 19.7.